The van der Waals surface area contributed by atoms with Crippen molar-refractivity contribution in [1.82, 2.24) is 4.90 Å². The van der Waals surface area contributed by atoms with Crippen LogP contribution >= 0.6 is 0 Å². The molecule has 1 aliphatic carbocycles. The smallest absolute Gasteiger partial charge is 0.226 e. The summed E-state index contributed by atoms with van der Waals surface area (Å²) in [6, 6.07) is 15.6. The molecule has 7 heteroatoms. The van der Waals surface area contributed by atoms with Crippen molar-refractivity contribution in [3.8, 4) is 0 Å². The molecule has 2 fully saturated rings. The number of piperazine rings is 1. The van der Waals surface area contributed by atoms with Crippen molar-refractivity contribution in [2.75, 3.05) is 37.4 Å². The van der Waals surface area contributed by atoms with Gasteiger partial charge in [0, 0.05) is 44.1 Å². The second-order valence-electron chi connectivity index (χ2n) is 10.8. The molecule has 0 radical (unpaired) electrons. The van der Waals surface area contributed by atoms with E-state index in [1.165, 1.54) is 6.26 Å². The van der Waals surface area contributed by atoms with Crippen molar-refractivity contribution < 1.29 is 18.3 Å². The number of benzene rings is 2. The topological polar surface area (TPSA) is 77.9 Å². The molecule has 1 saturated carbocycles. The number of amides is 1. The fourth-order valence-electron chi connectivity index (χ4n) is 5.92. The van der Waals surface area contributed by atoms with E-state index >= 15 is 0 Å². The van der Waals surface area contributed by atoms with Crippen molar-refractivity contribution >= 4 is 21.4 Å². The monoisotopic (exact) mass is 512 g/mol. The van der Waals surface area contributed by atoms with Gasteiger partial charge in [0.05, 0.1) is 10.9 Å². The summed E-state index contributed by atoms with van der Waals surface area (Å²) in [5.74, 6) is 1.74. The lowest BCUT2D eigenvalue weighted by Gasteiger charge is -2.45. The number of nitrogens with zero attached hydrogens (tertiary/aromatic N) is 2. The first kappa shape index (κ1) is 26.7. The fourth-order valence-corrected chi connectivity index (χ4v) is 6.90. The van der Waals surface area contributed by atoms with E-state index in [1.54, 1.807) is 6.07 Å². The van der Waals surface area contributed by atoms with Gasteiger partial charge in [-0.1, -0.05) is 50.2 Å². The highest BCUT2D eigenvalue weighted by Gasteiger charge is 2.37. The number of carbonyl (C=O) groups excluding carboxylic acids is 1. The van der Waals surface area contributed by atoms with Crippen molar-refractivity contribution in [2.24, 2.45) is 17.8 Å². The van der Waals surface area contributed by atoms with Crippen LogP contribution in [0.4, 0.5) is 5.69 Å². The van der Waals surface area contributed by atoms with E-state index in [2.05, 4.69) is 35.8 Å². The molecule has 1 aliphatic heterocycles. The molecule has 2 aromatic rings. The Balaban J connectivity index is 1.58. The van der Waals surface area contributed by atoms with Gasteiger partial charge in [0.15, 0.2) is 9.84 Å². The number of carbonyl (C=O) groups is 1. The molecule has 0 aromatic heterocycles. The molecular weight excluding hydrogens is 472 g/mol. The van der Waals surface area contributed by atoms with Crippen LogP contribution in [0, 0.1) is 17.8 Å². The second kappa shape index (κ2) is 11.3. The maximum atomic E-state index is 13.8. The Hall–Kier alpha value is -2.38. The molecule has 1 heterocycles. The minimum absolute atomic E-state index is 0.0888. The standard InChI is InChI=1S/C29H40N2O4S/c1-21(2)22-9-11-25(12-10-22)29(33)31-17-16-30(20-27(31)23-7-5-4-6-8-23)26-14-13-24(15-18-32)28(19-26)36(3,34)35/h4-8,13-14,19,21-22,25,27,32H,9-12,15-18,20H2,1-3H3/t22?,25?,27-/m0/s1. The Labute approximate surface area is 216 Å². The number of anilines is 1. The van der Waals surface area contributed by atoms with Gasteiger partial charge in [0.25, 0.3) is 0 Å². The van der Waals surface area contributed by atoms with Crippen molar-refractivity contribution in [1.29, 1.82) is 0 Å². The van der Waals surface area contributed by atoms with Gasteiger partial charge in [0.1, 0.15) is 0 Å². The van der Waals surface area contributed by atoms with Crippen LogP contribution in [0.2, 0.25) is 0 Å². The average molecular weight is 513 g/mol. The van der Waals surface area contributed by atoms with E-state index < -0.39 is 9.84 Å². The van der Waals surface area contributed by atoms with Gasteiger partial charge in [-0.25, -0.2) is 8.42 Å². The Kier molecular flexibility index (Phi) is 8.41. The number of rotatable bonds is 7. The van der Waals surface area contributed by atoms with Crippen LogP contribution in [-0.2, 0) is 21.1 Å². The van der Waals surface area contributed by atoms with Gasteiger partial charge >= 0.3 is 0 Å². The normalized spacial score (nSPS) is 23.2. The van der Waals surface area contributed by atoms with Gasteiger partial charge in [-0.2, -0.15) is 0 Å². The van der Waals surface area contributed by atoms with Crippen LogP contribution in [0.3, 0.4) is 0 Å². The van der Waals surface area contributed by atoms with E-state index in [0.717, 1.165) is 36.9 Å². The summed E-state index contributed by atoms with van der Waals surface area (Å²) in [5, 5.41) is 9.38. The molecule has 6 nitrogen and oxygen atoms in total. The summed E-state index contributed by atoms with van der Waals surface area (Å²) in [6.07, 6.45) is 5.69. The quantitative estimate of drug-likeness (QED) is 0.592. The van der Waals surface area contributed by atoms with Gasteiger partial charge in [-0.3, -0.25) is 4.79 Å². The Morgan fingerprint density at radius 1 is 1.03 bits per heavy atom. The van der Waals surface area contributed by atoms with E-state index in [0.29, 0.717) is 43.5 Å². The first-order chi connectivity index (χ1) is 17.2. The summed E-state index contributed by atoms with van der Waals surface area (Å²) in [7, 11) is -3.43. The Morgan fingerprint density at radius 2 is 1.72 bits per heavy atom. The summed E-state index contributed by atoms with van der Waals surface area (Å²) < 4.78 is 25.0. The number of sulfone groups is 1. The highest BCUT2D eigenvalue weighted by Crippen LogP contribution is 2.37. The fraction of sp³-hybridized carbons (Fsp3) is 0.552. The van der Waals surface area contributed by atoms with Crippen molar-refractivity contribution in [2.45, 2.75) is 56.9 Å². The number of aliphatic hydroxyl groups is 1. The predicted octanol–water partition coefficient (Wildman–Crippen LogP) is 4.48. The molecule has 1 N–H and O–H groups in total. The van der Waals surface area contributed by atoms with E-state index in [4.69, 9.17) is 0 Å². The Morgan fingerprint density at radius 3 is 2.33 bits per heavy atom. The third kappa shape index (κ3) is 5.94. The zero-order valence-electron chi connectivity index (χ0n) is 21.8. The summed E-state index contributed by atoms with van der Waals surface area (Å²) >= 11 is 0. The third-order valence-electron chi connectivity index (χ3n) is 8.11. The minimum atomic E-state index is -3.43. The van der Waals surface area contributed by atoms with E-state index in [-0.39, 0.29) is 29.4 Å². The zero-order valence-corrected chi connectivity index (χ0v) is 22.6. The van der Waals surface area contributed by atoms with Crippen LogP contribution < -0.4 is 4.90 Å². The van der Waals surface area contributed by atoms with E-state index in [1.807, 2.05) is 30.3 Å². The van der Waals surface area contributed by atoms with Crippen molar-refractivity contribution in [3.63, 3.8) is 0 Å². The number of hydrogen-bond acceptors (Lipinski definition) is 5. The minimum Gasteiger partial charge on any atom is -0.396 e. The van der Waals surface area contributed by atoms with Crippen LogP contribution in [0.5, 0.6) is 0 Å². The zero-order chi connectivity index (χ0) is 25.9. The molecule has 196 valence electrons. The molecule has 1 amide bonds. The van der Waals surface area contributed by atoms with Crippen LogP contribution in [0.1, 0.15) is 56.7 Å². The number of hydrogen-bond donors (Lipinski definition) is 1. The Bertz CT molecular complexity index is 1140. The van der Waals surface area contributed by atoms with Crippen molar-refractivity contribution in [3.05, 3.63) is 59.7 Å². The van der Waals surface area contributed by atoms with Crippen LogP contribution in [0.15, 0.2) is 53.4 Å². The summed E-state index contributed by atoms with van der Waals surface area (Å²) in [6.45, 7) is 6.33. The molecule has 4 rings (SSSR count). The highest BCUT2D eigenvalue weighted by molar-refractivity contribution is 7.90. The molecule has 1 saturated heterocycles. The molecule has 1 atom stereocenters. The van der Waals surface area contributed by atoms with Gasteiger partial charge in [-0.05, 0) is 67.2 Å². The molecule has 36 heavy (non-hydrogen) atoms. The molecule has 0 unspecified atom stereocenters. The molecule has 0 spiro atoms. The van der Waals surface area contributed by atoms with Gasteiger partial charge in [0.2, 0.25) is 5.91 Å². The molecule has 2 aromatic carbocycles. The SMILES string of the molecule is CC(C)C1CCC(C(=O)N2CCN(c3ccc(CCO)c(S(C)(=O)=O)c3)C[C@H]2c2ccccc2)CC1. The highest BCUT2D eigenvalue weighted by atomic mass is 32.2. The molecular formula is C29H40N2O4S. The lowest BCUT2D eigenvalue weighted by Crippen LogP contribution is -2.52. The van der Waals surface area contributed by atoms with Gasteiger partial charge in [-0.15, -0.1) is 0 Å². The van der Waals surface area contributed by atoms with Crippen LogP contribution in [0.25, 0.3) is 0 Å². The predicted molar refractivity (Wildman–Crippen MR) is 144 cm³/mol. The van der Waals surface area contributed by atoms with Gasteiger partial charge < -0.3 is 14.9 Å². The number of aliphatic hydroxyl groups excluding tert-OH is 1. The maximum Gasteiger partial charge on any atom is 0.226 e. The average Bonchev–Trinajstić information content (AvgIpc) is 2.88. The van der Waals surface area contributed by atoms with Crippen LogP contribution in [-0.4, -0.2) is 56.8 Å². The molecule has 2 aliphatic rings. The molecule has 0 bridgehead atoms. The first-order valence-corrected chi connectivity index (χ1v) is 15.1. The maximum absolute atomic E-state index is 13.8. The summed E-state index contributed by atoms with van der Waals surface area (Å²) in [5.41, 5.74) is 2.57. The first-order valence-electron chi connectivity index (χ1n) is 13.2. The lowest BCUT2D eigenvalue weighted by molar-refractivity contribution is -0.140. The summed E-state index contributed by atoms with van der Waals surface area (Å²) in [4.78, 5) is 18.3. The third-order valence-corrected chi connectivity index (χ3v) is 9.29. The lowest BCUT2D eigenvalue weighted by atomic mass is 9.76. The second-order valence-corrected chi connectivity index (χ2v) is 12.8. The van der Waals surface area contributed by atoms with E-state index in [9.17, 15) is 18.3 Å². The largest absolute Gasteiger partial charge is 0.396 e.